The normalized spacial score (nSPS) is 16.6. The van der Waals surface area contributed by atoms with Gasteiger partial charge in [-0.25, -0.2) is 4.79 Å². The maximum Gasteiger partial charge on any atom is 0.410 e. The zero-order valence-corrected chi connectivity index (χ0v) is 13.1. The van der Waals surface area contributed by atoms with Crippen LogP contribution in [0.2, 0.25) is 0 Å². The molecule has 2 rings (SSSR count). The zero-order valence-electron chi connectivity index (χ0n) is 13.1. The predicted octanol–water partition coefficient (Wildman–Crippen LogP) is 1.30. The van der Waals surface area contributed by atoms with E-state index in [9.17, 15) is 14.9 Å². The van der Waals surface area contributed by atoms with Gasteiger partial charge in [-0.2, -0.15) is 5.10 Å². The van der Waals surface area contributed by atoms with Gasteiger partial charge in [0.15, 0.2) is 0 Å². The van der Waals surface area contributed by atoms with Crippen LogP contribution in [0.4, 0.5) is 10.5 Å². The third kappa shape index (κ3) is 4.42. The van der Waals surface area contributed by atoms with Gasteiger partial charge in [0.25, 0.3) is 0 Å². The largest absolute Gasteiger partial charge is 0.444 e. The van der Waals surface area contributed by atoms with Gasteiger partial charge in [0.2, 0.25) is 0 Å². The first-order valence-electron chi connectivity index (χ1n) is 7.12. The number of hydrogen-bond acceptors (Lipinski definition) is 6. The van der Waals surface area contributed by atoms with Crippen molar-refractivity contribution < 1.29 is 14.5 Å². The first kappa shape index (κ1) is 16.2. The summed E-state index contributed by atoms with van der Waals surface area (Å²) in [5.41, 5.74) is -0.519. The Hall–Kier alpha value is -2.16. The van der Waals surface area contributed by atoms with Crippen molar-refractivity contribution in [1.82, 2.24) is 19.6 Å². The van der Waals surface area contributed by atoms with Gasteiger partial charge in [-0.05, 0) is 20.8 Å². The Balaban J connectivity index is 1.81. The van der Waals surface area contributed by atoms with E-state index in [0.29, 0.717) is 32.8 Å². The molecule has 122 valence electrons. The van der Waals surface area contributed by atoms with Gasteiger partial charge in [0.1, 0.15) is 18.0 Å². The molecule has 1 aliphatic heterocycles. The van der Waals surface area contributed by atoms with Crippen molar-refractivity contribution in [1.29, 1.82) is 0 Å². The van der Waals surface area contributed by atoms with Crippen LogP contribution in [-0.4, -0.2) is 62.4 Å². The minimum Gasteiger partial charge on any atom is -0.444 e. The van der Waals surface area contributed by atoms with Crippen LogP contribution in [0.25, 0.3) is 0 Å². The number of hydrogen-bond donors (Lipinski definition) is 0. The van der Waals surface area contributed by atoms with Gasteiger partial charge in [-0.15, -0.1) is 0 Å². The van der Waals surface area contributed by atoms with E-state index in [0.717, 1.165) is 0 Å². The van der Waals surface area contributed by atoms with Crippen molar-refractivity contribution in [2.45, 2.75) is 33.0 Å². The predicted molar refractivity (Wildman–Crippen MR) is 78.3 cm³/mol. The lowest BCUT2D eigenvalue weighted by Crippen LogP contribution is -2.50. The number of carbonyl (C=O) groups excluding carboxylic acids is 1. The Labute approximate surface area is 128 Å². The SMILES string of the molecule is CC(C)(C)OC(=O)N1CCN(Cn2cc([N+](=O)[O-])cn2)CC1. The molecule has 0 aliphatic carbocycles. The summed E-state index contributed by atoms with van der Waals surface area (Å²) in [6.07, 6.45) is 2.33. The second-order valence-electron chi connectivity index (χ2n) is 6.22. The molecule has 0 bridgehead atoms. The van der Waals surface area contributed by atoms with Crippen LogP contribution in [0.3, 0.4) is 0 Å². The molecule has 22 heavy (non-hydrogen) atoms. The molecule has 1 aliphatic rings. The molecule has 1 amide bonds. The van der Waals surface area contributed by atoms with Gasteiger partial charge in [-0.3, -0.25) is 19.7 Å². The summed E-state index contributed by atoms with van der Waals surface area (Å²) < 4.78 is 6.87. The third-order valence-electron chi connectivity index (χ3n) is 3.20. The molecule has 1 saturated heterocycles. The second kappa shape index (κ2) is 6.30. The molecule has 0 unspecified atom stereocenters. The second-order valence-corrected chi connectivity index (χ2v) is 6.22. The summed E-state index contributed by atoms with van der Waals surface area (Å²) in [7, 11) is 0. The average molecular weight is 311 g/mol. The number of aromatic nitrogens is 2. The van der Waals surface area contributed by atoms with Crippen molar-refractivity contribution in [3.05, 3.63) is 22.5 Å². The van der Waals surface area contributed by atoms with E-state index in [-0.39, 0.29) is 11.8 Å². The van der Waals surface area contributed by atoms with E-state index in [1.165, 1.54) is 17.1 Å². The Morgan fingerprint density at radius 3 is 2.50 bits per heavy atom. The summed E-state index contributed by atoms with van der Waals surface area (Å²) in [5, 5.41) is 14.6. The highest BCUT2D eigenvalue weighted by atomic mass is 16.6. The highest BCUT2D eigenvalue weighted by Crippen LogP contribution is 2.13. The quantitative estimate of drug-likeness (QED) is 0.617. The molecule has 0 saturated carbocycles. The highest BCUT2D eigenvalue weighted by molar-refractivity contribution is 5.68. The monoisotopic (exact) mass is 311 g/mol. The molecule has 2 heterocycles. The number of amides is 1. The number of ether oxygens (including phenoxy) is 1. The molecule has 0 atom stereocenters. The number of nitro groups is 1. The van der Waals surface area contributed by atoms with E-state index in [4.69, 9.17) is 4.74 Å². The molecular formula is C13H21N5O4. The minimum absolute atomic E-state index is 0.0209. The maximum atomic E-state index is 11.9. The molecule has 0 N–H and O–H groups in total. The van der Waals surface area contributed by atoms with E-state index in [1.54, 1.807) is 4.90 Å². The zero-order chi connectivity index (χ0) is 16.3. The topological polar surface area (TPSA) is 93.7 Å². The standard InChI is InChI=1S/C13H21N5O4/c1-13(2,3)22-12(19)16-6-4-15(5-7-16)10-17-9-11(8-14-17)18(20)21/h8-9H,4-7,10H2,1-3H3. The van der Waals surface area contributed by atoms with Crippen LogP contribution in [0.5, 0.6) is 0 Å². The van der Waals surface area contributed by atoms with Gasteiger partial charge < -0.3 is 9.64 Å². The van der Waals surface area contributed by atoms with E-state index >= 15 is 0 Å². The molecular weight excluding hydrogens is 290 g/mol. The molecule has 1 aromatic rings. The van der Waals surface area contributed by atoms with Gasteiger partial charge in [0, 0.05) is 26.2 Å². The van der Waals surface area contributed by atoms with Crippen LogP contribution in [-0.2, 0) is 11.4 Å². The van der Waals surface area contributed by atoms with Crippen molar-refractivity contribution >= 4 is 11.8 Å². The highest BCUT2D eigenvalue weighted by Gasteiger charge is 2.26. The summed E-state index contributed by atoms with van der Waals surface area (Å²) in [6.45, 7) is 8.47. The van der Waals surface area contributed by atoms with Crippen LogP contribution in [0, 0.1) is 10.1 Å². The molecule has 1 fully saturated rings. The minimum atomic E-state index is -0.498. The van der Waals surface area contributed by atoms with Gasteiger partial charge in [0.05, 0.1) is 11.6 Å². The molecule has 0 spiro atoms. The lowest BCUT2D eigenvalue weighted by atomic mass is 10.2. The first-order chi connectivity index (χ1) is 10.2. The first-order valence-corrected chi connectivity index (χ1v) is 7.12. The number of nitrogens with zero attached hydrogens (tertiary/aromatic N) is 5. The fourth-order valence-electron chi connectivity index (χ4n) is 2.13. The van der Waals surface area contributed by atoms with E-state index in [1.807, 2.05) is 20.8 Å². The molecule has 0 aromatic carbocycles. The Kier molecular flexibility index (Phi) is 4.65. The lowest BCUT2D eigenvalue weighted by Gasteiger charge is -2.35. The van der Waals surface area contributed by atoms with Gasteiger partial charge >= 0.3 is 11.8 Å². The average Bonchev–Trinajstić information content (AvgIpc) is 2.86. The van der Waals surface area contributed by atoms with E-state index in [2.05, 4.69) is 10.00 Å². The maximum absolute atomic E-state index is 11.9. The van der Waals surface area contributed by atoms with Crippen molar-refractivity contribution in [2.75, 3.05) is 26.2 Å². The number of piperazine rings is 1. The smallest absolute Gasteiger partial charge is 0.410 e. The molecule has 9 heteroatoms. The number of rotatable bonds is 3. The van der Waals surface area contributed by atoms with Crippen molar-refractivity contribution in [3.8, 4) is 0 Å². The van der Waals surface area contributed by atoms with Crippen LogP contribution >= 0.6 is 0 Å². The van der Waals surface area contributed by atoms with Crippen LogP contribution < -0.4 is 0 Å². The summed E-state index contributed by atoms with van der Waals surface area (Å²) in [4.78, 5) is 25.9. The summed E-state index contributed by atoms with van der Waals surface area (Å²) in [5.74, 6) is 0. The Morgan fingerprint density at radius 1 is 1.36 bits per heavy atom. The summed E-state index contributed by atoms with van der Waals surface area (Å²) >= 11 is 0. The molecule has 9 nitrogen and oxygen atoms in total. The Bertz CT molecular complexity index is 543. The fraction of sp³-hybridized carbons (Fsp3) is 0.692. The van der Waals surface area contributed by atoms with Crippen molar-refractivity contribution in [3.63, 3.8) is 0 Å². The fourth-order valence-corrected chi connectivity index (χ4v) is 2.13. The van der Waals surface area contributed by atoms with Crippen LogP contribution in [0.1, 0.15) is 20.8 Å². The third-order valence-corrected chi connectivity index (χ3v) is 3.20. The Morgan fingerprint density at radius 2 is 2.00 bits per heavy atom. The van der Waals surface area contributed by atoms with E-state index < -0.39 is 10.5 Å². The summed E-state index contributed by atoms with van der Waals surface area (Å²) in [6, 6.07) is 0. The van der Waals surface area contributed by atoms with Crippen LogP contribution in [0.15, 0.2) is 12.4 Å². The lowest BCUT2D eigenvalue weighted by molar-refractivity contribution is -0.385. The van der Waals surface area contributed by atoms with Gasteiger partial charge in [-0.1, -0.05) is 0 Å². The molecule has 0 radical (unpaired) electrons. The van der Waals surface area contributed by atoms with Crippen molar-refractivity contribution in [2.24, 2.45) is 0 Å². The molecule has 1 aromatic heterocycles. The number of carbonyl (C=O) groups is 1.